The first-order chi connectivity index (χ1) is 13.1. The molecule has 0 saturated carbocycles. The average Bonchev–Trinajstić information content (AvgIpc) is 2.54. The highest BCUT2D eigenvalue weighted by atomic mass is 16.3. The van der Waals surface area contributed by atoms with Gasteiger partial charge in [0.15, 0.2) is 5.78 Å². The van der Waals surface area contributed by atoms with Gasteiger partial charge in [0.2, 0.25) is 0 Å². The van der Waals surface area contributed by atoms with Gasteiger partial charge in [-0.2, -0.15) is 0 Å². The molecule has 1 aliphatic carbocycles. The number of rotatable bonds is 3. The van der Waals surface area contributed by atoms with E-state index in [2.05, 4.69) is 87.5 Å². The van der Waals surface area contributed by atoms with Crippen LogP contribution in [0.1, 0.15) is 91.8 Å². The van der Waals surface area contributed by atoms with E-state index < -0.39 is 0 Å². The maximum Gasteiger partial charge on any atom is 0.182 e. The van der Waals surface area contributed by atoms with Crippen molar-refractivity contribution in [1.29, 1.82) is 0 Å². The van der Waals surface area contributed by atoms with Gasteiger partial charge in [-0.25, -0.2) is 0 Å². The van der Waals surface area contributed by atoms with Crippen LogP contribution in [0, 0.1) is 11.3 Å². The molecule has 1 aromatic carbocycles. The van der Waals surface area contributed by atoms with Gasteiger partial charge < -0.3 is 5.11 Å². The van der Waals surface area contributed by atoms with E-state index in [0.717, 1.165) is 33.4 Å². The van der Waals surface area contributed by atoms with Crippen molar-refractivity contribution in [1.82, 2.24) is 0 Å². The normalized spacial score (nSPS) is 17.2. The van der Waals surface area contributed by atoms with Gasteiger partial charge in [-0.15, -0.1) is 0 Å². The first-order valence-electron chi connectivity index (χ1n) is 10.7. The largest absolute Gasteiger partial charge is 0.508 e. The van der Waals surface area contributed by atoms with Crippen molar-refractivity contribution >= 4 is 11.9 Å². The molecule has 2 heteroatoms. The maximum absolute atomic E-state index is 12.8. The molecule has 0 unspecified atom stereocenters. The molecule has 0 fully saturated rings. The predicted molar refractivity (Wildman–Crippen MR) is 124 cm³/mol. The van der Waals surface area contributed by atoms with Gasteiger partial charge in [-0.05, 0) is 80.9 Å². The van der Waals surface area contributed by atoms with E-state index in [0.29, 0.717) is 5.75 Å². The molecule has 0 radical (unpaired) electrons. The number of carbonyl (C=O) groups excluding carboxylic acids is 1. The minimum absolute atomic E-state index is 0.114. The molecule has 0 bridgehead atoms. The van der Waals surface area contributed by atoms with Crippen LogP contribution < -0.4 is 0 Å². The number of allylic oxidation sites excluding steroid dienone is 5. The fourth-order valence-electron chi connectivity index (χ4n) is 3.84. The van der Waals surface area contributed by atoms with Crippen LogP contribution >= 0.6 is 0 Å². The summed E-state index contributed by atoms with van der Waals surface area (Å²) in [5, 5.41) is 10.6. The molecule has 158 valence electrons. The molecule has 0 spiro atoms. The molecule has 1 aromatic rings. The lowest BCUT2D eigenvalue weighted by Crippen LogP contribution is -2.21. The van der Waals surface area contributed by atoms with E-state index in [1.165, 1.54) is 0 Å². The average molecular weight is 395 g/mol. The van der Waals surface area contributed by atoms with Gasteiger partial charge in [0.1, 0.15) is 5.75 Å². The Balaban J connectivity index is 2.79. The number of carbonyl (C=O) groups is 1. The van der Waals surface area contributed by atoms with E-state index in [4.69, 9.17) is 0 Å². The van der Waals surface area contributed by atoms with E-state index in [-0.39, 0.29) is 28.4 Å². The van der Waals surface area contributed by atoms with Crippen LogP contribution in [-0.2, 0) is 10.2 Å². The lowest BCUT2D eigenvalue weighted by molar-refractivity contribution is -0.112. The summed E-state index contributed by atoms with van der Waals surface area (Å²) in [5.41, 5.74) is 5.82. The third-order valence-electron chi connectivity index (χ3n) is 5.56. The number of hydrogen-bond acceptors (Lipinski definition) is 2. The summed E-state index contributed by atoms with van der Waals surface area (Å²) in [5.74, 6) is 1.01. The predicted octanol–water partition coefficient (Wildman–Crippen LogP) is 7.33. The summed E-state index contributed by atoms with van der Waals surface area (Å²) in [6, 6.07) is 4.04. The van der Waals surface area contributed by atoms with E-state index >= 15 is 0 Å². The minimum atomic E-state index is -0.207. The Bertz CT molecular complexity index is 892. The van der Waals surface area contributed by atoms with Crippen LogP contribution in [0.4, 0.5) is 0 Å². The highest BCUT2D eigenvalue weighted by molar-refractivity contribution is 6.08. The second-order valence-electron chi connectivity index (χ2n) is 10.9. The second kappa shape index (κ2) is 7.97. The van der Waals surface area contributed by atoms with Crippen molar-refractivity contribution < 1.29 is 9.90 Å². The van der Waals surface area contributed by atoms with E-state index in [9.17, 15) is 9.90 Å². The summed E-state index contributed by atoms with van der Waals surface area (Å²) in [6.45, 7) is 21.1. The summed E-state index contributed by atoms with van der Waals surface area (Å²) >= 11 is 0. The summed E-state index contributed by atoms with van der Waals surface area (Å²) in [4.78, 5) is 12.8. The molecule has 0 saturated heterocycles. The Hall–Kier alpha value is -2.09. The molecule has 0 aliphatic heterocycles. The van der Waals surface area contributed by atoms with Crippen LogP contribution in [0.2, 0.25) is 0 Å². The van der Waals surface area contributed by atoms with Crippen LogP contribution in [0.5, 0.6) is 5.75 Å². The van der Waals surface area contributed by atoms with Gasteiger partial charge >= 0.3 is 0 Å². The lowest BCUT2D eigenvalue weighted by Gasteiger charge is -2.27. The maximum atomic E-state index is 12.8. The first-order valence-corrected chi connectivity index (χ1v) is 10.7. The van der Waals surface area contributed by atoms with Crippen molar-refractivity contribution in [2.45, 2.75) is 80.6 Å². The summed E-state index contributed by atoms with van der Waals surface area (Å²) in [7, 11) is 0. The SMILES string of the molecule is CC(C)C1=CC(=O)C(C(C)(C)C)=CC1=Cc1cc(C(C)(C)C)c(O)cc1C(C)C. The Morgan fingerprint density at radius 3 is 1.90 bits per heavy atom. The molecule has 0 aromatic heterocycles. The van der Waals surface area contributed by atoms with Crippen LogP contribution in [0.25, 0.3) is 6.08 Å². The fourth-order valence-corrected chi connectivity index (χ4v) is 3.84. The zero-order valence-corrected chi connectivity index (χ0v) is 19.9. The fraction of sp³-hybridized carbons (Fsp3) is 0.519. The van der Waals surface area contributed by atoms with Crippen LogP contribution in [-0.4, -0.2) is 10.9 Å². The van der Waals surface area contributed by atoms with Crippen molar-refractivity contribution in [3.8, 4) is 5.75 Å². The Morgan fingerprint density at radius 1 is 0.862 bits per heavy atom. The van der Waals surface area contributed by atoms with Crippen LogP contribution in [0.15, 0.2) is 41.0 Å². The first kappa shape index (κ1) is 23.2. The third kappa shape index (κ3) is 5.10. The highest BCUT2D eigenvalue weighted by Crippen LogP contribution is 2.39. The van der Waals surface area contributed by atoms with Crippen LogP contribution in [0.3, 0.4) is 0 Å². The van der Waals surface area contributed by atoms with Gasteiger partial charge in [0, 0.05) is 5.57 Å². The molecule has 0 amide bonds. The number of ketones is 1. The topological polar surface area (TPSA) is 37.3 Å². The Kier molecular flexibility index (Phi) is 6.37. The molecule has 29 heavy (non-hydrogen) atoms. The Labute approximate surface area is 177 Å². The zero-order valence-electron chi connectivity index (χ0n) is 19.9. The third-order valence-corrected chi connectivity index (χ3v) is 5.56. The Morgan fingerprint density at radius 2 is 1.45 bits per heavy atom. The standard InChI is InChI=1S/C27H38O2/c1-16(2)20-14-24(28)22(26(5,6)7)12-18(20)11-19-13-23(27(8,9)10)25(29)15-21(19)17(3)4/h11-17,28H,1-10H3. The van der Waals surface area contributed by atoms with Gasteiger partial charge in [-0.3, -0.25) is 4.79 Å². The molecular formula is C27H38O2. The number of aromatic hydroxyl groups is 1. The molecular weight excluding hydrogens is 356 g/mol. The van der Waals surface area contributed by atoms with Crippen molar-refractivity contribution in [3.05, 3.63) is 57.7 Å². The van der Waals surface area contributed by atoms with Crippen molar-refractivity contribution in [2.24, 2.45) is 11.3 Å². The number of benzene rings is 1. The second-order valence-corrected chi connectivity index (χ2v) is 10.9. The molecule has 0 atom stereocenters. The minimum Gasteiger partial charge on any atom is -0.508 e. The van der Waals surface area contributed by atoms with Crippen molar-refractivity contribution in [2.75, 3.05) is 0 Å². The molecule has 2 rings (SSSR count). The van der Waals surface area contributed by atoms with Gasteiger partial charge in [-0.1, -0.05) is 69.2 Å². The van der Waals surface area contributed by atoms with E-state index in [1.54, 1.807) is 0 Å². The number of hydrogen-bond donors (Lipinski definition) is 1. The van der Waals surface area contributed by atoms with Crippen molar-refractivity contribution in [3.63, 3.8) is 0 Å². The highest BCUT2D eigenvalue weighted by Gasteiger charge is 2.28. The van der Waals surface area contributed by atoms with Gasteiger partial charge in [0.25, 0.3) is 0 Å². The van der Waals surface area contributed by atoms with E-state index in [1.807, 2.05) is 12.1 Å². The lowest BCUT2D eigenvalue weighted by atomic mass is 9.76. The molecule has 2 nitrogen and oxygen atoms in total. The zero-order chi connectivity index (χ0) is 22.3. The summed E-state index contributed by atoms with van der Waals surface area (Å²) in [6.07, 6.45) is 6.09. The monoisotopic (exact) mass is 394 g/mol. The van der Waals surface area contributed by atoms with Gasteiger partial charge in [0.05, 0.1) is 0 Å². The quantitative estimate of drug-likeness (QED) is 0.582. The number of phenols is 1. The number of phenolic OH excluding ortho intramolecular Hbond substituents is 1. The molecule has 1 N–H and O–H groups in total. The smallest absolute Gasteiger partial charge is 0.182 e. The summed E-state index contributed by atoms with van der Waals surface area (Å²) < 4.78 is 0. The molecule has 1 aliphatic rings. The molecule has 0 heterocycles.